The molecule has 1 saturated heterocycles. The van der Waals surface area contributed by atoms with E-state index in [0.717, 1.165) is 13.0 Å². The van der Waals surface area contributed by atoms with E-state index in [1.807, 2.05) is 13.8 Å². The lowest BCUT2D eigenvalue weighted by molar-refractivity contribution is 0.133. The molecule has 2 unspecified atom stereocenters. The van der Waals surface area contributed by atoms with Gasteiger partial charge in [0.25, 0.3) is 0 Å². The topological polar surface area (TPSA) is 69.6 Å². The zero-order valence-electron chi connectivity index (χ0n) is 11.6. The Hall–Kier alpha value is -0.170. The maximum absolute atomic E-state index is 12.1. The number of aliphatic hydroxyl groups is 1. The molecule has 0 radical (unpaired) electrons. The van der Waals surface area contributed by atoms with Crippen LogP contribution in [-0.2, 0) is 10.0 Å². The van der Waals surface area contributed by atoms with Gasteiger partial charge in [-0.15, -0.1) is 0 Å². The Morgan fingerprint density at radius 1 is 1.39 bits per heavy atom. The Labute approximate surface area is 111 Å². The minimum Gasteiger partial charge on any atom is -0.393 e. The van der Waals surface area contributed by atoms with Gasteiger partial charge in [-0.1, -0.05) is 13.8 Å². The van der Waals surface area contributed by atoms with Gasteiger partial charge in [0, 0.05) is 19.1 Å². The van der Waals surface area contributed by atoms with E-state index in [2.05, 4.69) is 5.32 Å². The molecular weight excluding hydrogens is 252 g/mol. The van der Waals surface area contributed by atoms with Crippen LogP contribution in [0.2, 0.25) is 0 Å². The van der Waals surface area contributed by atoms with Crippen molar-refractivity contribution >= 4 is 10.0 Å². The fourth-order valence-electron chi connectivity index (χ4n) is 2.17. The second-order valence-electron chi connectivity index (χ2n) is 5.43. The Bertz CT molecular complexity index is 341. The lowest BCUT2D eigenvalue weighted by Gasteiger charge is -2.18. The predicted molar refractivity (Wildman–Crippen MR) is 72.9 cm³/mol. The SMILES string of the molecule is CC(C)NCCCS(=O)(=O)N1CCC(C(C)O)C1. The molecule has 1 aliphatic rings. The van der Waals surface area contributed by atoms with Crippen LogP contribution in [0.25, 0.3) is 0 Å². The summed E-state index contributed by atoms with van der Waals surface area (Å²) in [6.07, 6.45) is 0.977. The molecule has 1 aliphatic heterocycles. The summed E-state index contributed by atoms with van der Waals surface area (Å²) in [6, 6.07) is 0.388. The molecule has 1 fully saturated rings. The quantitative estimate of drug-likeness (QED) is 0.662. The first-order chi connectivity index (χ1) is 8.33. The second-order valence-corrected chi connectivity index (χ2v) is 7.51. The molecule has 0 saturated carbocycles. The highest BCUT2D eigenvalue weighted by atomic mass is 32.2. The van der Waals surface area contributed by atoms with Crippen molar-refractivity contribution in [3.63, 3.8) is 0 Å². The number of hydrogen-bond donors (Lipinski definition) is 2. The highest BCUT2D eigenvalue weighted by Crippen LogP contribution is 2.22. The molecule has 2 atom stereocenters. The van der Waals surface area contributed by atoms with Crippen molar-refractivity contribution in [3.05, 3.63) is 0 Å². The van der Waals surface area contributed by atoms with Crippen LogP contribution < -0.4 is 5.32 Å². The summed E-state index contributed by atoms with van der Waals surface area (Å²) in [5.41, 5.74) is 0. The highest BCUT2D eigenvalue weighted by Gasteiger charge is 2.32. The van der Waals surface area contributed by atoms with Crippen LogP contribution in [0, 0.1) is 5.92 Å². The second kappa shape index (κ2) is 6.84. The number of hydrogen-bond acceptors (Lipinski definition) is 4. The molecular formula is C12H26N2O3S. The molecule has 1 heterocycles. The van der Waals surface area contributed by atoms with Crippen molar-refractivity contribution in [2.24, 2.45) is 5.92 Å². The van der Waals surface area contributed by atoms with Gasteiger partial charge in [0.1, 0.15) is 0 Å². The molecule has 0 aromatic carbocycles. The molecule has 6 heteroatoms. The van der Waals surface area contributed by atoms with Gasteiger partial charge in [-0.05, 0) is 32.2 Å². The normalized spacial score (nSPS) is 23.7. The molecule has 0 aromatic rings. The molecule has 0 bridgehead atoms. The van der Waals surface area contributed by atoms with E-state index in [4.69, 9.17) is 0 Å². The van der Waals surface area contributed by atoms with Crippen molar-refractivity contribution in [3.8, 4) is 0 Å². The third kappa shape index (κ3) is 4.84. The van der Waals surface area contributed by atoms with E-state index < -0.39 is 16.1 Å². The first-order valence-corrected chi connectivity index (χ1v) is 8.33. The van der Waals surface area contributed by atoms with Gasteiger partial charge < -0.3 is 10.4 Å². The Morgan fingerprint density at radius 3 is 2.56 bits per heavy atom. The Morgan fingerprint density at radius 2 is 2.06 bits per heavy atom. The molecule has 0 aromatic heterocycles. The first-order valence-electron chi connectivity index (χ1n) is 6.72. The van der Waals surface area contributed by atoms with E-state index >= 15 is 0 Å². The van der Waals surface area contributed by atoms with E-state index in [0.29, 0.717) is 25.6 Å². The van der Waals surface area contributed by atoms with Crippen molar-refractivity contribution in [1.29, 1.82) is 0 Å². The molecule has 0 aliphatic carbocycles. The van der Waals surface area contributed by atoms with E-state index in [1.54, 1.807) is 6.92 Å². The summed E-state index contributed by atoms with van der Waals surface area (Å²) >= 11 is 0. The summed E-state index contributed by atoms with van der Waals surface area (Å²) < 4.78 is 25.7. The third-order valence-corrected chi connectivity index (χ3v) is 5.32. The summed E-state index contributed by atoms with van der Waals surface area (Å²) in [7, 11) is -3.14. The molecule has 5 nitrogen and oxygen atoms in total. The number of aliphatic hydroxyl groups excluding tert-OH is 1. The molecule has 108 valence electrons. The Kier molecular flexibility index (Phi) is 6.04. The van der Waals surface area contributed by atoms with Crippen LogP contribution >= 0.6 is 0 Å². The van der Waals surface area contributed by atoms with Crippen LogP contribution in [0.4, 0.5) is 0 Å². The number of nitrogens with one attached hydrogen (secondary N) is 1. The zero-order chi connectivity index (χ0) is 13.8. The monoisotopic (exact) mass is 278 g/mol. The van der Waals surface area contributed by atoms with Crippen molar-refractivity contribution in [2.45, 2.75) is 45.8 Å². The molecule has 2 N–H and O–H groups in total. The zero-order valence-corrected chi connectivity index (χ0v) is 12.4. The van der Waals surface area contributed by atoms with Crippen LogP contribution in [0.3, 0.4) is 0 Å². The minimum atomic E-state index is -3.14. The van der Waals surface area contributed by atoms with Crippen molar-refractivity contribution in [2.75, 3.05) is 25.4 Å². The van der Waals surface area contributed by atoms with Crippen molar-refractivity contribution < 1.29 is 13.5 Å². The molecule has 0 spiro atoms. The third-order valence-electron chi connectivity index (χ3n) is 3.39. The summed E-state index contributed by atoms with van der Waals surface area (Å²) in [6.45, 7) is 7.56. The lowest BCUT2D eigenvalue weighted by atomic mass is 10.0. The highest BCUT2D eigenvalue weighted by molar-refractivity contribution is 7.89. The van der Waals surface area contributed by atoms with Crippen LogP contribution in [0.5, 0.6) is 0 Å². The van der Waals surface area contributed by atoms with Crippen LogP contribution in [0.15, 0.2) is 0 Å². The summed E-state index contributed by atoms with van der Waals surface area (Å²) in [5, 5.41) is 12.7. The van der Waals surface area contributed by atoms with E-state index in [1.165, 1.54) is 4.31 Å². The smallest absolute Gasteiger partial charge is 0.214 e. The Balaban J connectivity index is 2.36. The van der Waals surface area contributed by atoms with Crippen LogP contribution in [0.1, 0.15) is 33.6 Å². The number of sulfonamides is 1. The van der Waals surface area contributed by atoms with Gasteiger partial charge in [-0.25, -0.2) is 12.7 Å². The van der Waals surface area contributed by atoms with Gasteiger partial charge >= 0.3 is 0 Å². The van der Waals surface area contributed by atoms with Crippen LogP contribution in [-0.4, -0.2) is 55.4 Å². The van der Waals surface area contributed by atoms with Gasteiger partial charge in [-0.2, -0.15) is 0 Å². The molecule has 0 amide bonds. The van der Waals surface area contributed by atoms with Gasteiger partial charge in [0.05, 0.1) is 11.9 Å². The largest absolute Gasteiger partial charge is 0.393 e. The fraction of sp³-hybridized carbons (Fsp3) is 1.00. The van der Waals surface area contributed by atoms with Gasteiger partial charge in [-0.3, -0.25) is 0 Å². The molecule has 18 heavy (non-hydrogen) atoms. The number of nitrogens with zero attached hydrogens (tertiary/aromatic N) is 1. The first kappa shape index (κ1) is 15.9. The lowest BCUT2D eigenvalue weighted by Crippen LogP contribution is -2.34. The maximum atomic E-state index is 12.1. The average Bonchev–Trinajstić information content (AvgIpc) is 2.74. The predicted octanol–water partition coefficient (Wildman–Crippen LogP) is 0.407. The standard InChI is InChI=1S/C12H26N2O3S/c1-10(2)13-6-4-8-18(16,17)14-7-5-12(9-14)11(3)15/h10-13,15H,4-9H2,1-3H3. The average molecular weight is 278 g/mol. The fourth-order valence-corrected chi connectivity index (χ4v) is 3.74. The maximum Gasteiger partial charge on any atom is 0.214 e. The number of rotatable bonds is 7. The van der Waals surface area contributed by atoms with Gasteiger partial charge in [0.15, 0.2) is 0 Å². The minimum absolute atomic E-state index is 0.0913. The van der Waals surface area contributed by atoms with E-state index in [9.17, 15) is 13.5 Å². The summed E-state index contributed by atoms with van der Waals surface area (Å²) in [5.74, 6) is 0.285. The van der Waals surface area contributed by atoms with E-state index in [-0.39, 0.29) is 11.7 Å². The van der Waals surface area contributed by atoms with Gasteiger partial charge in [0.2, 0.25) is 10.0 Å². The molecule has 1 rings (SSSR count). The summed E-state index contributed by atoms with van der Waals surface area (Å²) in [4.78, 5) is 0. The van der Waals surface area contributed by atoms with Crippen molar-refractivity contribution in [1.82, 2.24) is 9.62 Å².